The molecule has 2 aliphatic rings. The quantitative estimate of drug-likeness (QED) is 0.821. The van der Waals surface area contributed by atoms with Gasteiger partial charge in [0.15, 0.2) is 0 Å². The lowest BCUT2D eigenvalue weighted by Gasteiger charge is -2.27. The van der Waals surface area contributed by atoms with E-state index in [0.29, 0.717) is 18.4 Å². The van der Waals surface area contributed by atoms with Gasteiger partial charge in [-0.1, -0.05) is 20.3 Å². The predicted molar refractivity (Wildman–Crippen MR) is 71.8 cm³/mol. The summed E-state index contributed by atoms with van der Waals surface area (Å²) in [4.78, 5) is 25.3. The summed E-state index contributed by atoms with van der Waals surface area (Å²) in [5.74, 6) is 0.00916. The molecule has 0 aromatic carbocycles. The van der Waals surface area contributed by atoms with Crippen LogP contribution in [0.3, 0.4) is 0 Å². The zero-order valence-corrected chi connectivity index (χ0v) is 11.9. The highest BCUT2D eigenvalue weighted by Gasteiger charge is 2.49. The standard InChI is InChI=1S/C14H24N2O3/c1-8(2)9(3)15-14(19)16-7-10-5-4-6-11(10)12(16)13(17)18/h8-12H,4-7H2,1-3H3,(H,15,19)(H,17,18). The van der Waals surface area contributed by atoms with Gasteiger partial charge in [0.25, 0.3) is 0 Å². The maximum Gasteiger partial charge on any atom is 0.326 e. The molecule has 2 rings (SSSR count). The summed E-state index contributed by atoms with van der Waals surface area (Å²) in [5, 5.41) is 12.3. The van der Waals surface area contributed by atoms with Gasteiger partial charge >= 0.3 is 12.0 Å². The second-order valence-electron chi connectivity index (χ2n) is 6.27. The fourth-order valence-electron chi connectivity index (χ4n) is 3.28. The van der Waals surface area contributed by atoms with E-state index in [1.807, 2.05) is 20.8 Å². The van der Waals surface area contributed by atoms with Crippen LogP contribution in [0.1, 0.15) is 40.0 Å². The van der Waals surface area contributed by atoms with Crippen LogP contribution in [0, 0.1) is 17.8 Å². The minimum atomic E-state index is -0.859. The van der Waals surface area contributed by atoms with Crippen LogP contribution < -0.4 is 5.32 Å². The Morgan fingerprint density at radius 3 is 2.53 bits per heavy atom. The van der Waals surface area contributed by atoms with Crippen molar-refractivity contribution in [1.29, 1.82) is 0 Å². The van der Waals surface area contributed by atoms with E-state index in [-0.39, 0.29) is 18.0 Å². The molecule has 1 saturated heterocycles. The number of hydrogen-bond acceptors (Lipinski definition) is 2. The van der Waals surface area contributed by atoms with E-state index in [4.69, 9.17) is 0 Å². The van der Waals surface area contributed by atoms with Crippen molar-refractivity contribution in [1.82, 2.24) is 10.2 Å². The van der Waals surface area contributed by atoms with Crippen LogP contribution in [0.2, 0.25) is 0 Å². The molecule has 5 heteroatoms. The molecular formula is C14H24N2O3. The number of amides is 2. The van der Waals surface area contributed by atoms with E-state index >= 15 is 0 Å². The van der Waals surface area contributed by atoms with Gasteiger partial charge in [-0.05, 0) is 37.5 Å². The third-order valence-corrected chi connectivity index (χ3v) is 4.76. The first kappa shape index (κ1) is 14.2. The van der Waals surface area contributed by atoms with Gasteiger partial charge in [-0.25, -0.2) is 9.59 Å². The van der Waals surface area contributed by atoms with Crippen molar-refractivity contribution in [3.63, 3.8) is 0 Å². The molecule has 1 heterocycles. The minimum Gasteiger partial charge on any atom is -0.480 e. The third kappa shape index (κ3) is 2.69. The van der Waals surface area contributed by atoms with Crippen molar-refractivity contribution in [2.45, 2.75) is 52.1 Å². The molecule has 108 valence electrons. The summed E-state index contributed by atoms with van der Waals surface area (Å²) in [6.07, 6.45) is 3.08. The monoisotopic (exact) mass is 268 g/mol. The van der Waals surface area contributed by atoms with Crippen molar-refractivity contribution >= 4 is 12.0 Å². The van der Waals surface area contributed by atoms with Crippen LogP contribution in [0.4, 0.5) is 4.79 Å². The maximum atomic E-state index is 12.3. The smallest absolute Gasteiger partial charge is 0.326 e. The van der Waals surface area contributed by atoms with E-state index in [9.17, 15) is 14.7 Å². The van der Waals surface area contributed by atoms with Crippen LogP contribution in [0.25, 0.3) is 0 Å². The number of nitrogens with one attached hydrogen (secondary N) is 1. The molecule has 1 aliphatic heterocycles. The predicted octanol–water partition coefficient (Wildman–Crippen LogP) is 1.93. The number of rotatable bonds is 3. The topological polar surface area (TPSA) is 69.6 Å². The summed E-state index contributed by atoms with van der Waals surface area (Å²) < 4.78 is 0. The highest BCUT2D eigenvalue weighted by atomic mass is 16.4. The molecule has 0 spiro atoms. The van der Waals surface area contributed by atoms with E-state index in [2.05, 4.69) is 5.32 Å². The number of fused-ring (bicyclic) bond motifs is 1. The summed E-state index contributed by atoms with van der Waals surface area (Å²) in [6, 6.07) is -0.794. The molecule has 4 atom stereocenters. The van der Waals surface area contributed by atoms with Gasteiger partial charge in [0, 0.05) is 12.6 Å². The normalized spacial score (nSPS) is 31.4. The van der Waals surface area contributed by atoms with E-state index < -0.39 is 12.0 Å². The average molecular weight is 268 g/mol. The molecule has 4 unspecified atom stereocenters. The number of carboxylic acids is 1. The zero-order chi connectivity index (χ0) is 14.2. The SMILES string of the molecule is CC(C)C(C)NC(=O)N1CC2CCCC2C1C(=O)O. The van der Waals surface area contributed by atoms with Gasteiger partial charge in [-0.3, -0.25) is 0 Å². The highest BCUT2D eigenvalue weighted by Crippen LogP contribution is 2.42. The first-order chi connectivity index (χ1) is 8.91. The van der Waals surface area contributed by atoms with Crippen LogP contribution in [-0.2, 0) is 4.79 Å². The molecule has 1 saturated carbocycles. The summed E-state index contributed by atoms with van der Waals surface area (Å²) >= 11 is 0. The van der Waals surface area contributed by atoms with Gasteiger partial charge in [-0.2, -0.15) is 0 Å². The van der Waals surface area contributed by atoms with E-state index in [1.165, 1.54) is 4.90 Å². The number of likely N-dealkylation sites (tertiary alicyclic amines) is 1. The summed E-state index contributed by atoms with van der Waals surface area (Å²) in [7, 11) is 0. The fourth-order valence-corrected chi connectivity index (χ4v) is 3.28. The molecule has 0 aromatic heterocycles. The molecule has 0 radical (unpaired) electrons. The number of nitrogens with zero attached hydrogens (tertiary/aromatic N) is 1. The zero-order valence-electron chi connectivity index (χ0n) is 11.9. The van der Waals surface area contributed by atoms with Gasteiger partial charge in [0.1, 0.15) is 6.04 Å². The number of carbonyl (C=O) groups excluding carboxylic acids is 1. The minimum absolute atomic E-state index is 0.0578. The molecule has 0 bridgehead atoms. The Morgan fingerprint density at radius 2 is 1.95 bits per heavy atom. The Morgan fingerprint density at radius 1 is 1.26 bits per heavy atom. The molecule has 0 aromatic rings. The second kappa shape index (κ2) is 5.39. The van der Waals surface area contributed by atoms with Crippen LogP contribution in [0.15, 0.2) is 0 Å². The molecule has 1 aliphatic carbocycles. The number of hydrogen-bond donors (Lipinski definition) is 2. The summed E-state index contributed by atoms with van der Waals surface area (Å²) in [6.45, 7) is 6.63. The van der Waals surface area contributed by atoms with Crippen LogP contribution in [-0.4, -0.2) is 40.6 Å². The molecule has 19 heavy (non-hydrogen) atoms. The Hall–Kier alpha value is -1.26. The lowest BCUT2D eigenvalue weighted by Crippen LogP contribution is -2.50. The molecule has 5 nitrogen and oxygen atoms in total. The lowest BCUT2D eigenvalue weighted by molar-refractivity contribution is -0.142. The number of carboxylic acid groups (broad SMARTS) is 1. The number of urea groups is 1. The van der Waals surface area contributed by atoms with Crippen molar-refractivity contribution < 1.29 is 14.7 Å². The van der Waals surface area contributed by atoms with Crippen molar-refractivity contribution in [2.75, 3.05) is 6.54 Å². The Kier molecular flexibility index (Phi) is 4.02. The van der Waals surface area contributed by atoms with Gasteiger partial charge in [-0.15, -0.1) is 0 Å². The largest absolute Gasteiger partial charge is 0.480 e. The second-order valence-corrected chi connectivity index (χ2v) is 6.27. The first-order valence-corrected chi connectivity index (χ1v) is 7.21. The molecule has 2 amide bonds. The average Bonchev–Trinajstić information content (AvgIpc) is 2.86. The third-order valence-electron chi connectivity index (χ3n) is 4.76. The van der Waals surface area contributed by atoms with Crippen molar-refractivity contribution in [3.05, 3.63) is 0 Å². The first-order valence-electron chi connectivity index (χ1n) is 7.21. The molecule has 2 N–H and O–H groups in total. The van der Waals surface area contributed by atoms with Crippen LogP contribution in [0.5, 0.6) is 0 Å². The Bertz CT molecular complexity index is 370. The maximum absolute atomic E-state index is 12.3. The van der Waals surface area contributed by atoms with Gasteiger partial charge < -0.3 is 15.3 Å². The Balaban J connectivity index is 2.06. The van der Waals surface area contributed by atoms with E-state index in [1.54, 1.807) is 0 Å². The highest BCUT2D eigenvalue weighted by molar-refractivity contribution is 5.84. The molecule has 2 fully saturated rings. The number of carbonyl (C=O) groups is 2. The van der Waals surface area contributed by atoms with Crippen molar-refractivity contribution in [3.8, 4) is 0 Å². The van der Waals surface area contributed by atoms with Gasteiger partial charge in [0.05, 0.1) is 0 Å². The molecular weight excluding hydrogens is 244 g/mol. The Labute approximate surface area is 114 Å². The summed E-state index contributed by atoms with van der Waals surface area (Å²) in [5.41, 5.74) is 0. The van der Waals surface area contributed by atoms with Crippen molar-refractivity contribution in [2.24, 2.45) is 17.8 Å². The lowest BCUT2D eigenvalue weighted by atomic mass is 9.94. The number of aliphatic carboxylic acids is 1. The fraction of sp³-hybridized carbons (Fsp3) is 0.857. The van der Waals surface area contributed by atoms with Crippen LogP contribution >= 0.6 is 0 Å². The van der Waals surface area contributed by atoms with E-state index in [0.717, 1.165) is 19.3 Å². The van der Waals surface area contributed by atoms with Gasteiger partial charge in [0.2, 0.25) is 0 Å².